The molecule has 1 amide bonds. The van der Waals surface area contributed by atoms with Crippen LogP contribution in [0.2, 0.25) is 0 Å². The second kappa shape index (κ2) is 5.46. The number of nitrogens with one attached hydrogen (secondary N) is 1. The van der Waals surface area contributed by atoms with Crippen LogP contribution in [0.1, 0.15) is 35.4 Å². The molecule has 7 heteroatoms. The average molecular weight is 311 g/mol. The lowest BCUT2D eigenvalue weighted by molar-refractivity contribution is 0.0942. The lowest BCUT2D eigenvalue weighted by atomic mass is 10.3. The van der Waals surface area contributed by atoms with Crippen molar-refractivity contribution < 1.29 is 13.2 Å². The maximum atomic E-state index is 12.2. The van der Waals surface area contributed by atoms with Gasteiger partial charge in [0.2, 0.25) is 10.0 Å². The van der Waals surface area contributed by atoms with E-state index < -0.39 is 10.0 Å². The number of carbonyl (C=O) groups excluding carboxylic acids is 1. The molecule has 1 aromatic heterocycles. The van der Waals surface area contributed by atoms with Crippen LogP contribution in [0.4, 0.5) is 0 Å². The second-order valence-electron chi connectivity index (χ2n) is 5.97. The summed E-state index contributed by atoms with van der Waals surface area (Å²) in [5, 5.41) is 2.97. The third-order valence-electron chi connectivity index (χ3n) is 4.15. The lowest BCUT2D eigenvalue weighted by Gasteiger charge is -2.16. The van der Waals surface area contributed by atoms with Crippen LogP contribution >= 0.6 is 0 Å². The minimum absolute atomic E-state index is 0.0547. The van der Waals surface area contributed by atoms with Gasteiger partial charge in [-0.05, 0) is 37.3 Å². The molecule has 0 spiro atoms. The van der Waals surface area contributed by atoms with Gasteiger partial charge in [-0.15, -0.1) is 0 Å². The Morgan fingerprint density at radius 1 is 1.33 bits per heavy atom. The van der Waals surface area contributed by atoms with Gasteiger partial charge in [0.25, 0.3) is 5.91 Å². The summed E-state index contributed by atoms with van der Waals surface area (Å²) in [6, 6.07) is 3.65. The van der Waals surface area contributed by atoms with Gasteiger partial charge < -0.3 is 9.88 Å². The highest BCUT2D eigenvalue weighted by atomic mass is 32.2. The summed E-state index contributed by atoms with van der Waals surface area (Å²) in [5.74, 6) is 0.592. The molecule has 0 saturated heterocycles. The normalized spacial score (nSPS) is 19.9. The van der Waals surface area contributed by atoms with Gasteiger partial charge in [-0.25, -0.2) is 8.42 Å². The SMILES string of the molecule is CS(=O)(=O)N1CCCn2c(ccc2C(=O)NCC2CC2)C1. The van der Waals surface area contributed by atoms with Crippen LogP contribution in [-0.2, 0) is 23.1 Å². The van der Waals surface area contributed by atoms with Crippen molar-refractivity contribution in [1.82, 2.24) is 14.2 Å². The quantitative estimate of drug-likeness (QED) is 0.894. The zero-order valence-corrected chi connectivity index (χ0v) is 13.0. The summed E-state index contributed by atoms with van der Waals surface area (Å²) >= 11 is 0. The van der Waals surface area contributed by atoms with Crippen LogP contribution in [0, 0.1) is 5.92 Å². The molecular weight excluding hydrogens is 290 g/mol. The van der Waals surface area contributed by atoms with E-state index in [9.17, 15) is 13.2 Å². The largest absolute Gasteiger partial charge is 0.350 e. The number of carbonyl (C=O) groups is 1. The summed E-state index contributed by atoms with van der Waals surface area (Å²) in [6.45, 7) is 2.27. The van der Waals surface area contributed by atoms with Crippen LogP contribution in [0.15, 0.2) is 12.1 Å². The van der Waals surface area contributed by atoms with Crippen molar-refractivity contribution in [3.05, 3.63) is 23.5 Å². The molecule has 1 aliphatic heterocycles. The van der Waals surface area contributed by atoms with E-state index in [1.165, 1.54) is 23.4 Å². The standard InChI is InChI=1S/C14H21N3O3S/c1-21(19,20)16-7-2-8-17-12(10-16)5-6-13(17)14(18)15-9-11-3-4-11/h5-6,11H,2-4,7-10H2,1H3,(H,15,18). The van der Waals surface area contributed by atoms with Crippen molar-refractivity contribution in [2.24, 2.45) is 5.92 Å². The van der Waals surface area contributed by atoms with Crippen LogP contribution < -0.4 is 5.32 Å². The summed E-state index contributed by atoms with van der Waals surface area (Å²) < 4.78 is 26.8. The Bertz CT molecular complexity index is 646. The first-order valence-electron chi connectivity index (χ1n) is 7.37. The predicted molar refractivity (Wildman–Crippen MR) is 79.4 cm³/mol. The number of amides is 1. The number of hydrogen-bond acceptors (Lipinski definition) is 3. The van der Waals surface area contributed by atoms with E-state index in [1.807, 2.05) is 10.6 Å². The highest BCUT2D eigenvalue weighted by molar-refractivity contribution is 7.88. The van der Waals surface area contributed by atoms with Gasteiger partial charge in [-0.3, -0.25) is 4.79 Å². The van der Waals surface area contributed by atoms with E-state index in [2.05, 4.69) is 5.32 Å². The molecule has 0 aromatic carbocycles. The zero-order chi connectivity index (χ0) is 15.0. The number of nitrogens with zero attached hydrogens (tertiary/aromatic N) is 2. The van der Waals surface area contributed by atoms with E-state index in [0.717, 1.165) is 18.7 Å². The Hall–Kier alpha value is -1.34. The Morgan fingerprint density at radius 2 is 2.10 bits per heavy atom. The molecule has 1 saturated carbocycles. The van der Waals surface area contributed by atoms with Crippen molar-refractivity contribution in [2.75, 3.05) is 19.3 Å². The summed E-state index contributed by atoms with van der Waals surface area (Å²) in [7, 11) is -3.20. The first-order chi connectivity index (χ1) is 9.95. The number of aromatic nitrogens is 1. The average Bonchev–Trinajstić information content (AvgIpc) is 3.19. The fourth-order valence-electron chi connectivity index (χ4n) is 2.71. The molecule has 1 N–H and O–H groups in total. The first kappa shape index (κ1) is 14.6. The van der Waals surface area contributed by atoms with Crippen LogP contribution in [0.5, 0.6) is 0 Å². The van der Waals surface area contributed by atoms with Gasteiger partial charge in [-0.2, -0.15) is 4.31 Å². The van der Waals surface area contributed by atoms with Gasteiger partial charge in [0.05, 0.1) is 12.8 Å². The van der Waals surface area contributed by atoms with E-state index in [0.29, 0.717) is 31.2 Å². The van der Waals surface area contributed by atoms with Crippen LogP contribution in [-0.4, -0.2) is 42.5 Å². The number of sulfonamides is 1. The molecule has 1 fully saturated rings. The fraction of sp³-hybridized carbons (Fsp3) is 0.643. The van der Waals surface area contributed by atoms with Crippen molar-refractivity contribution >= 4 is 15.9 Å². The van der Waals surface area contributed by atoms with Crippen LogP contribution in [0.3, 0.4) is 0 Å². The molecule has 0 atom stereocenters. The molecule has 0 unspecified atom stereocenters. The molecule has 21 heavy (non-hydrogen) atoms. The van der Waals surface area contributed by atoms with Crippen LogP contribution in [0.25, 0.3) is 0 Å². The lowest BCUT2D eigenvalue weighted by Crippen LogP contribution is -2.29. The predicted octanol–water partition coefficient (Wildman–Crippen LogP) is 0.793. The highest BCUT2D eigenvalue weighted by Gasteiger charge is 2.26. The number of rotatable bonds is 4. The van der Waals surface area contributed by atoms with Crippen molar-refractivity contribution in [3.63, 3.8) is 0 Å². The summed E-state index contributed by atoms with van der Waals surface area (Å²) in [5.41, 5.74) is 1.52. The monoisotopic (exact) mass is 311 g/mol. The van der Waals surface area contributed by atoms with Gasteiger partial charge in [0.1, 0.15) is 5.69 Å². The smallest absolute Gasteiger partial charge is 0.267 e. The van der Waals surface area contributed by atoms with E-state index in [4.69, 9.17) is 0 Å². The van der Waals surface area contributed by atoms with Gasteiger partial charge in [0, 0.05) is 25.3 Å². The summed E-state index contributed by atoms with van der Waals surface area (Å²) in [6.07, 6.45) is 4.36. The van der Waals surface area contributed by atoms with Crippen molar-refractivity contribution in [3.8, 4) is 0 Å². The second-order valence-corrected chi connectivity index (χ2v) is 7.95. The molecule has 2 aliphatic rings. The van der Waals surface area contributed by atoms with Gasteiger partial charge >= 0.3 is 0 Å². The molecule has 3 rings (SSSR count). The van der Waals surface area contributed by atoms with E-state index in [1.54, 1.807) is 6.07 Å². The molecule has 6 nitrogen and oxygen atoms in total. The molecule has 1 aromatic rings. The molecule has 0 radical (unpaired) electrons. The van der Waals surface area contributed by atoms with E-state index in [-0.39, 0.29) is 5.91 Å². The summed E-state index contributed by atoms with van der Waals surface area (Å²) in [4.78, 5) is 12.2. The minimum atomic E-state index is -3.20. The molecule has 0 bridgehead atoms. The maximum Gasteiger partial charge on any atom is 0.267 e. The Labute approximate surface area is 125 Å². The Balaban J connectivity index is 1.77. The third-order valence-corrected chi connectivity index (χ3v) is 5.40. The number of hydrogen-bond donors (Lipinski definition) is 1. The van der Waals surface area contributed by atoms with Crippen molar-refractivity contribution in [2.45, 2.75) is 32.4 Å². The number of fused-ring (bicyclic) bond motifs is 1. The molecular formula is C14H21N3O3S. The Morgan fingerprint density at radius 3 is 2.76 bits per heavy atom. The first-order valence-corrected chi connectivity index (χ1v) is 9.22. The van der Waals surface area contributed by atoms with E-state index >= 15 is 0 Å². The fourth-order valence-corrected chi connectivity index (χ4v) is 3.54. The molecule has 116 valence electrons. The highest BCUT2D eigenvalue weighted by Crippen LogP contribution is 2.27. The Kier molecular flexibility index (Phi) is 3.79. The van der Waals surface area contributed by atoms with Gasteiger partial charge in [-0.1, -0.05) is 0 Å². The minimum Gasteiger partial charge on any atom is -0.350 e. The van der Waals surface area contributed by atoms with Crippen molar-refractivity contribution in [1.29, 1.82) is 0 Å². The third kappa shape index (κ3) is 3.29. The molecule has 1 aliphatic carbocycles. The molecule has 2 heterocycles. The maximum absolute atomic E-state index is 12.2. The topological polar surface area (TPSA) is 71.4 Å². The van der Waals surface area contributed by atoms with Gasteiger partial charge in [0.15, 0.2) is 0 Å². The zero-order valence-electron chi connectivity index (χ0n) is 12.2.